The maximum Gasteiger partial charge on any atom is 0.133 e. The van der Waals surface area contributed by atoms with Crippen molar-refractivity contribution < 1.29 is 4.79 Å². The molecule has 106 valence electrons. The van der Waals surface area contributed by atoms with Crippen molar-refractivity contribution in [1.29, 1.82) is 0 Å². The van der Waals surface area contributed by atoms with Crippen LogP contribution >= 0.6 is 0 Å². The first kappa shape index (κ1) is 14.6. The zero-order chi connectivity index (χ0) is 14.4. The molecule has 3 unspecified atom stereocenters. The molecule has 0 aromatic rings. The van der Waals surface area contributed by atoms with Gasteiger partial charge in [0.25, 0.3) is 0 Å². The van der Waals surface area contributed by atoms with Crippen molar-refractivity contribution in [3.05, 3.63) is 23.3 Å². The van der Waals surface area contributed by atoms with Gasteiger partial charge in [0.05, 0.1) is 0 Å². The molecule has 0 heterocycles. The van der Waals surface area contributed by atoms with Crippen LogP contribution in [0.25, 0.3) is 0 Å². The third-order valence-corrected chi connectivity index (χ3v) is 5.74. The number of rotatable bonds is 3. The van der Waals surface area contributed by atoms with Gasteiger partial charge in [-0.25, -0.2) is 0 Å². The number of Topliss-reactive ketones (excluding diaryl/α,β-unsaturated/α-hetero) is 1. The van der Waals surface area contributed by atoms with Crippen LogP contribution in [0.4, 0.5) is 0 Å². The third-order valence-electron chi connectivity index (χ3n) is 5.74. The van der Waals surface area contributed by atoms with E-state index in [4.69, 9.17) is 0 Å². The highest BCUT2D eigenvalue weighted by Gasteiger charge is 2.50. The number of hydrogen-bond acceptors (Lipinski definition) is 1. The normalized spacial score (nSPS) is 37.8. The Labute approximate surface area is 118 Å². The highest BCUT2D eigenvalue weighted by Crippen LogP contribution is 2.55. The van der Waals surface area contributed by atoms with Gasteiger partial charge < -0.3 is 0 Å². The van der Waals surface area contributed by atoms with Crippen LogP contribution in [0.2, 0.25) is 0 Å². The van der Waals surface area contributed by atoms with E-state index in [-0.39, 0.29) is 16.7 Å². The molecule has 0 saturated heterocycles. The first-order chi connectivity index (χ1) is 8.68. The van der Waals surface area contributed by atoms with E-state index in [9.17, 15) is 4.79 Å². The second kappa shape index (κ2) is 4.61. The van der Waals surface area contributed by atoms with Gasteiger partial charge in [-0.2, -0.15) is 0 Å². The largest absolute Gasteiger partial charge is 0.300 e. The van der Waals surface area contributed by atoms with Crippen LogP contribution in [0.15, 0.2) is 23.3 Å². The quantitative estimate of drug-likeness (QED) is 0.703. The summed E-state index contributed by atoms with van der Waals surface area (Å²) in [5.74, 6) is 1.33. The summed E-state index contributed by atoms with van der Waals surface area (Å²) in [5, 5.41) is 0. The molecule has 1 heteroatoms. The van der Waals surface area contributed by atoms with E-state index in [0.29, 0.717) is 5.78 Å². The number of allylic oxidation sites excluding steroid dienone is 4. The zero-order valence-corrected chi connectivity index (χ0v) is 13.3. The van der Waals surface area contributed by atoms with Crippen LogP contribution in [0.5, 0.6) is 0 Å². The van der Waals surface area contributed by atoms with Crippen LogP contribution in [-0.2, 0) is 4.79 Å². The number of hydrogen-bond donors (Lipinski definition) is 0. The van der Waals surface area contributed by atoms with E-state index in [1.807, 2.05) is 0 Å². The molecule has 1 fully saturated rings. The highest BCUT2D eigenvalue weighted by molar-refractivity contribution is 5.82. The number of carbonyl (C=O) groups excluding carboxylic acids is 1. The minimum Gasteiger partial charge on any atom is -0.300 e. The zero-order valence-electron chi connectivity index (χ0n) is 13.3. The Balaban J connectivity index is 2.21. The molecule has 0 aromatic carbocycles. The lowest BCUT2D eigenvalue weighted by atomic mass is 9.66. The summed E-state index contributed by atoms with van der Waals surface area (Å²) in [6.45, 7) is 13.3. The number of ketones is 1. The molecule has 2 rings (SSSR count). The predicted octanol–water partition coefficient (Wildman–Crippen LogP) is 4.93. The molecule has 0 bridgehead atoms. The van der Waals surface area contributed by atoms with Gasteiger partial charge in [-0.3, -0.25) is 4.79 Å². The van der Waals surface area contributed by atoms with E-state index >= 15 is 0 Å². The monoisotopic (exact) mass is 260 g/mol. The van der Waals surface area contributed by atoms with Gasteiger partial charge >= 0.3 is 0 Å². The summed E-state index contributed by atoms with van der Waals surface area (Å²) < 4.78 is 0. The van der Waals surface area contributed by atoms with Crippen molar-refractivity contribution in [1.82, 2.24) is 0 Å². The topological polar surface area (TPSA) is 17.1 Å². The average molecular weight is 260 g/mol. The van der Waals surface area contributed by atoms with Gasteiger partial charge in [0, 0.05) is 5.92 Å². The highest BCUT2D eigenvalue weighted by atomic mass is 16.1. The minimum atomic E-state index is 0.121. The first-order valence-corrected chi connectivity index (χ1v) is 7.58. The lowest BCUT2D eigenvalue weighted by Gasteiger charge is -2.39. The smallest absolute Gasteiger partial charge is 0.133 e. The lowest BCUT2D eigenvalue weighted by Crippen LogP contribution is -2.28. The Morgan fingerprint density at radius 2 is 1.95 bits per heavy atom. The summed E-state index contributed by atoms with van der Waals surface area (Å²) in [7, 11) is 0. The van der Waals surface area contributed by atoms with Gasteiger partial charge in [-0.05, 0) is 55.4 Å². The fourth-order valence-corrected chi connectivity index (χ4v) is 3.55. The van der Waals surface area contributed by atoms with Crippen LogP contribution in [0, 0.1) is 22.7 Å². The summed E-state index contributed by atoms with van der Waals surface area (Å²) in [6.07, 6.45) is 8.17. The van der Waals surface area contributed by atoms with Gasteiger partial charge in [0.15, 0.2) is 0 Å². The molecule has 0 radical (unpaired) electrons. The lowest BCUT2D eigenvalue weighted by molar-refractivity contribution is -0.118. The summed E-state index contributed by atoms with van der Waals surface area (Å²) in [6, 6.07) is 0. The fourth-order valence-electron chi connectivity index (χ4n) is 3.55. The Morgan fingerprint density at radius 3 is 2.47 bits per heavy atom. The standard InChI is InChI=1S/C18H28O/c1-12-7-8-13(2)17(4,5)15(12)9-10-18(6)11-16(18)14(3)19/h9-10,13,16H,7-8,11H2,1-6H3/b10-9+. The van der Waals surface area contributed by atoms with Crippen LogP contribution in [-0.4, -0.2) is 5.78 Å². The van der Waals surface area contributed by atoms with Crippen molar-refractivity contribution >= 4 is 5.78 Å². The molecule has 0 amide bonds. The Morgan fingerprint density at radius 1 is 1.32 bits per heavy atom. The Kier molecular flexibility index (Phi) is 3.53. The summed E-state index contributed by atoms with van der Waals surface area (Å²) in [5.41, 5.74) is 3.41. The molecule has 0 aliphatic heterocycles. The second-order valence-electron chi connectivity index (χ2n) is 7.56. The molecule has 1 saturated carbocycles. The van der Waals surface area contributed by atoms with Crippen molar-refractivity contribution in [2.45, 2.75) is 60.8 Å². The average Bonchev–Trinajstić information content (AvgIpc) is 2.97. The van der Waals surface area contributed by atoms with E-state index in [2.05, 4.69) is 46.8 Å². The molecule has 3 atom stereocenters. The van der Waals surface area contributed by atoms with E-state index in [0.717, 1.165) is 12.3 Å². The molecule has 0 spiro atoms. The van der Waals surface area contributed by atoms with Crippen molar-refractivity contribution in [2.24, 2.45) is 22.7 Å². The van der Waals surface area contributed by atoms with Crippen LogP contribution < -0.4 is 0 Å². The van der Waals surface area contributed by atoms with Gasteiger partial charge in [-0.1, -0.05) is 45.4 Å². The maximum atomic E-state index is 11.5. The van der Waals surface area contributed by atoms with Crippen molar-refractivity contribution in [2.75, 3.05) is 0 Å². The van der Waals surface area contributed by atoms with Gasteiger partial charge in [-0.15, -0.1) is 0 Å². The van der Waals surface area contributed by atoms with E-state index in [1.165, 1.54) is 24.0 Å². The van der Waals surface area contributed by atoms with Crippen LogP contribution in [0.1, 0.15) is 60.8 Å². The Hall–Kier alpha value is -0.850. The van der Waals surface area contributed by atoms with Gasteiger partial charge in [0.1, 0.15) is 5.78 Å². The van der Waals surface area contributed by atoms with Crippen molar-refractivity contribution in [3.8, 4) is 0 Å². The predicted molar refractivity (Wildman–Crippen MR) is 80.9 cm³/mol. The van der Waals surface area contributed by atoms with E-state index < -0.39 is 0 Å². The third kappa shape index (κ3) is 2.57. The first-order valence-electron chi connectivity index (χ1n) is 7.58. The molecule has 1 nitrogen and oxygen atoms in total. The van der Waals surface area contributed by atoms with Crippen LogP contribution in [0.3, 0.4) is 0 Å². The minimum absolute atomic E-state index is 0.121. The molecule has 2 aliphatic carbocycles. The van der Waals surface area contributed by atoms with E-state index in [1.54, 1.807) is 6.92 Å². The molecule has 0 N–H and O–H groups in total. The second-order valence-corrected chi connectivity index (χ2v) is 7.56. The Bertz CT molecular complexity index is 452. The van der Waals surface area contributed by atoms with Crippen molar-refractivity contribution in [3.63, 3.8) is 0 Å². The maximum absolute atomic E-state index is 11.5. The molecule has 0 aromatic heterocycles. The summed E-state index contributed by atoms with van der Waals surface area (Å²) in [4.78, 5) is 11.5. The van der Waals surface area contributed by atoms with Gasteiger partial charge in [0.2, 0.25) is 0 Å². The molecule has 19 heavy (non-hydrogen) atoms. The summed E-state index contributed by atoms with van der Waals surface area (Å²) >= 11 is 0. The molecule has 2 aliphatic rings. The molecular weight excluding hydrogens is 232 g/mol. The fraction of sp³-hybridized carbons (Fsp3) is 0.722. The SMILES string of the molecule is CC(=O)C1CC1(C)/C=C/C1=C(C)CCC(C)C1(C)C. The number of carbonyl (C=O) groups is 1. The molecular formula is C18H28O.